The number of esters is 2. The smallest absolute Gasteiger partial charge is 0.329 e. The summed E-state index contributed by atoms with van der Waals surface area (Å²) in [6.07, 6.45) is 23.4. The number of ether oxygens (including phenoxy) is 7. The van der Waals surface area contributed by atoms with Gasteiger partial charge in [-0.05, 0) is 154 Å². The Morgan fingerprint density at radius 3 is 2.15 bits per heavy atom. The third-order valence-corrected chi connectivity index (χ3v) is 27.5. The van der Waals surface area contributed by atoms with Crippen molar-refractivity contribution in [2.75, 3.05) is 129 Å². The first-order chi connectivity index (χ1) is 62.7. The topological polar surface area (TPSA) is 394 Å². The first kappa shape index (κ1) is 95.6. The number of piperidine rings is 1. The lowest BCUT2D eigenvalue weighted by Crippen LogP contribution is -2.61. The van der Waals surface area contributed by atoms with E-state index in [1.54, 1.807) is 72.1 Å². The molecule has 1 saturated carbocycles. The number of aliphatic hydroxyl groups is 2. The van der Waals surface area contributed by atoms with E-state index in [2.05, 4.69) is 67.7 Å². The van der Waals surface area contributed by atoms with Gasteiger partial charge in [-0.3, -0.25) is 38.6 Å². The highest BCUT2D eigenvalue weighted by atomic mass is 16.6. The minimum Gasteiger partial charge on any atom is -0.460 e. The van der Waals surface area contributed by atoms with E-state index >= 15 is 0 Å². The number of aromatic nitrogens is 10. The average molecular weight is 1790 g/mol. The zero-order chi connectivity index (χ0) is 91.9. The number of anilines is 3. The summed E-state index contributed by atoms with van der Waals surface area (Å²) in [7, 11) is 4.54. The number of nitrogens with zero attached hydrogens (tertiary/aromatic N) is 15. The van der Waals surface area contributed by atoms with Gasteiger partial charge in [-0.25, -0.2) is 44.4 Å². The number of cyclic esters (lactones) is 1. The predicted molar refractivity (Wildman–Crippen MR) is 488 cm³/mol. The molecule has 0 unspecified atom stereocenters. The Labute approximate surface area is 760 Å². The molecular weight excluding hydrogens is 1660 g/mol. The number of carbonyl (C=O) groups is 7. The molecule has 14 rings (SSSR count). The van der Waals surface area contributed by atoms with Crippen molar-refractivity contribution in [1.29, 1.82) is 0 Å². The van der Waals surface area contributed by atoms with Gasteiger partial charge in [0.05, 0.1) is 49.0 Å². The Morgan fingerprint density at radius 1 is 0.723 bits per heavy atom. The molecule has 15 atom stereocenters. The van der Waals surface area contributed by atoms with E-state index < -0.39 is 95.9 Å². The average Bonchev–Trinajstić information content (AvgIpc) is 0.909. The number of benzene rings is 1. The maximum Gasteiger partial charge on any atom is 0.329 e. The number of piperazine rings is 2. The molecule has 6 aromatic heterocycles. The largest absolute Gasteiger partial charge is 0.460 e. The maximum atomic E-state index is 14.8. The highest BCUT2D eigenvalue weighted by Gasteiger charge is 2.53. The van der Waals surface area contributed by atoms with E-state index in [0.717, 1.165) is 104 Å². The summed E-state index contributed by atoms with van der Waals surface area (Å²) in [5.41, 5.74) is 15.2. The van der Waals surface area contributed by atoms with Crippen molar-refractivity contribution in [1.82, 2.24) is 69.3 Å². The minimum atomic E-state index is -2.48. The number of allylic oxidation sites excluding steroid dienone is 6. The molecule has 130 heavy (non-hydrogen) atoms. The Hall–Kier alpha value is -10.5. The third kappa shape index (κ3) is 23.3. The van der Waals surface area contributed by atoms with Gasteiger partial charge in [-0.1, -0.05) is 89.3 Å². The number of ketones is 3. The normalized spacial score (nSPS) is 28.4. The van der Waals surface area contributed by atoms with E-state index in [1.807, 2.05) is 86.0 Å². The summed E-state index contributed by atoms with van der Waals surface area (Å²) in [5.74, 6) is -7.46. The number of aromatic amines is 1. The number of fused-ring (bicyclic) bond motifs is 6. The molecule has 6 aliphatic heterocycles. The molecule has 33 heteroatoms. The highest BCUT2D eigenvalue weighted by Crippen LogP contribution is 2.40. The molecule has 0 radical (unpaired) electrons. The summed E-state index contributed by atoms with van der Waals surface area (Å²) in [4.78, 5) is 148. The lowest BCUT2D eigenvalue weighted by Gasteiger charge is -2.42. The van der Waals surface area contributed by atoms with Crippen LogP contribution in [0.4, 0.5) is 17.7 Å². The van der Waals surface area contributed by atoms with Crippen molar-refractivity contribution >= 4 is 80.9 Å². The Bertz CT molecular complexity index is 5220. The van der Waals surface area contributed by atoms with Crippen molar-refractivity contribution in [3.63, 3.8) is 0 Å². The van der Waals surface area contributed by atoms with Gasteiger partial charge in [0.25, 0.3) is 17.6 Å². The van der Waals surface area contributed by atoms with Gasteiger partial charge in [0.1, 0.15) is 59.7 Å². The standard InChI is InChI=1S/C97H129N17O16/c1-60-16-12-11-13-17-61(2)79(124-8)50-75-24-19-66(7)97(123,130-75)88(119)93(121)113-30-15-14-18-76(113)94(122)129-80(51-77(115)62(3)45-65(6)86(118)87(126-10)85(117)64(5)44-60)63(4)46-67-21-25-78(81(48-67)125-9)128-82(116)26-22-69-52-101-95(102-53-69)110-36-32-108(33-37-110)40-42-127-43-41-109-34-38-111(39-35-109)96-103-55-74(56-104-96)92(120)112-31-28-70-47-68(20-23-72(70)58-112)57-114-91-83(89(98)105-59-106-91)84(107-114)73-49-71-27-29-99-90(71)100-54-73/h11-13,16-17,20,23,27,29,45,47,49,52-56,59-60,62-64,66-67,75-76,78-81,86-87,118,123H,14-15,18-19,21-22,24-26,28,30-44,46,48,50-51,57-58H2,1-10H3,(H,99,100)(H2,98,105,106)/b13-11+,16-12+,61-17+,65-45+/t60-,62-,63-,64-,66-,67+,75+,76+,78-,79+,80+,81-,86-,87+,97-/m1/s1. The molecule has 5 fully saturated rings. The predicted octanol–water partition coefficient (Wildman–Crippen LogP) is 9.42. The number of nitrogen functional groups attached to an aromatic ring is 1. The van der Waals surface area contributed by atoms with E-state index in [1.165, 1.54) is 23.9 Å². The SMILES string of the molecule is CO[C@H]1C[C@@H]2CC[C@@H](C)[C@@](O)(O2)C(=O)C(=O)N2CCCC[C@H]2C(=O)O[C@H]([C@H](C)C[C@@H]2CC[C@@H](OC(=O)CCc3cnc(N4CCN(CCOCCN5CCN(c6ncc(C(=O)N7CCc8cc(Cn9nc(-c%10cnc%11[nH]ccc%11c%10)c%10c(N)ncnc%109)ccc8C7)cn6)CC5)CC4)nc3)[C@H](OC)C2)CC(=O)[C@H](C)/C=C(\C)[C@@H](O)[C@@H](OC)C(=O)[C@H](C)C[C@H](C)/C=C/C=C/C=C/1C. The molecule has 4 saturated heterocycles. The van der Waals surface area contributed by atoms with Crippen LogP contribution >= 0.6 is 0 Å². The summed E-state index contributed by atoms with van der Waals surface area (Å²) in [6.45, 7) is 23.5. The number of pyridine rings is 1. The lowest BCUT2D eigenvalue weighted by molar-refractivity contribution is -0.265. The van der Waals surface area contributed by atoms with E-state index in [-0.39, 0.29) is 67.5 Å². The Morgan fingerprint density at radius 2 is 1.45 bits per heavy atom. The van der Waals surface area contributed by atoms with Gasteiger partial charge in [0.2, 0.25) is 17.7 Å². The second kappa shape index (κ2) is 44.2. The molecule has 5 N–H and O–H groups in total. The Kier molecular flexibility index (Phi) is 32.5. The molecular formula is C97H129N17O16. The Balaban J connectivity index is 0.501. The summed E-state index contributed by atoms with van der Waals surface area (Å²) < 4.78 is 44.4. The molecule has 2 amide bonds. The van der Waals surface area contributed by atoms with Crippen LogP contribution in [0, 0.1) is 35.5 Å². The summed E-state index contributed by atoms with van der Waals surface area (Å²) in [6, 6.07) is 9.16. The molecule has 7 aromatic rings. The molecule has 12 heterocycles. The number of aliphatic hydroxyl groups excluding tert-OH is 1. The first-order valence-electron chi connectivity index (χ1n) is 46.4. The van der Waals surface area contributed by atoms with Crippen LogP contribution in [0.3, 0.4) is 0 Å². The molecule has 33 nitrogen and oxygen atoms in total. The van der Waals surface area contributed by atoms with Crippen LogP contribution in [-0.2, 0) is 87.9 Å². The van der Waals surface area contributed by atoms with Crippen LogP contribution in [0.15, 0.2) is 121 Å². The number of hydrogen-bond acceptors (Lipinski definition) is 29. The number of hydrogen-bond donors (Lipinski definition) is 4. The van der Waals surface area contributed by atoms with Crippen molar-refractivity contribution in [2.24, 2.45) is 35.5 Å². The van der Waals surface area contributed by atoms with Crippen LogP contribution < -0.4 is 15.5 Å². The van der Waals surface area contributed by atoms with Crippen molar-refractivity contribution in [3.8, 4) is 11.3 Å². The monoisotopic (exact) mass is 1790 g/mol. The highest BCUT2D eigenvalue weighted by molar-refractivity contribution is 6.39. The summed E-state index contributed by atoms with van der Waals surface area (Å²) in [5, 5.41) is 30.5. The van der Waals surface area contributed by atoms with Gasteiger partial charge in [0, 0.05) is 192 Å². The maximum absolute atomic E-state index is 14.8. The number of nitrogens with two attached hydrogens (primary N) is 1. The van der Waals surface area contributed by atoms with Crippen LogP contribution in [-0.4, -0.2) is 288 Å². The van der Waals surface area contributed by atoms with E-state index in [4.69, 9.17) is 54.0 Å². The fourth-order valence-electron chi connectivity index (χ4n) is 19.4. The minimum absolute atomic E-state index is 0.0110. The molecule has 698 valence electrons. The number of amides is 2. The van der Waals surface area contributed by atoms with Gasteiger partial charge >= 0.3 is 11.9 Å². The second-order valence-electron chi connectivity index (χ2n) is 36.7. The van der Waals surface area contributed by atoms with Gasteiger partial charge in [-0.2, -0.15) is 5.10 Å². The number of carbonyl (C=O) groups excluding carboxylic acids is 7. The van der Waals surface area contributed by atoms with Crippen LogP contribution in [0.1, 0.15) is 165 Å². The number of methoxy groups -OCH3 is 3. The van der Waals surface area contributed by atoms with Crippen LogP contribution in [0.2, 0.25) is 0 Å². The molecule has 1 aliphatic carbocycles. The summed E-state index contributed by atoms with van der Waals surface area (Å²) >= 11 is 0. The van der Waals surface area contributed by atoms with Crippen molar-refractivity contribution in [3.05, 3.63) is 149 Å². The number of nitrogens with one attached hydrogen (secondary N) is 1. The number of rotatable bonds is 22. The third-order valence-electron chi connectivity index (χ3n) is 27.5. The van der Waals surface area contributed by atoms with Crippen LogP contribution in [0.25, 0.3) is 33.3 Å². The quantitative estimate of drug-likeness (QED) is 0.0212. The zero-order valence-corrected chi connectivity index (χ0v) is 76.8. The first-order valence-corrected chi connectivity index (χ1v) is 46.4. The fraction of sp³-hybridized carbons (Fsp3) is 0.577. The zero-order valence-electron chi connectivity index (χ0n) is 76.8. The molecule has 2 bridgehead atoms. The van der Waals surface area contributed by atoms with Crippen molar-refractivity contribution in [2.45, 2.75) is 212 Å². The lowest BCUT2D eigenvalue weighted by atomic mass is 9.78. The second-order valence-corrected chi connectivity index (χ2v) is 36.7. The fourth-order valence-corrected chi connectivity index (χ4v) is 19.4. The van der Waals surface area contributed by atoms with E-state index in [0.29, 0.717) is 149 Å². The molecule has 1 aromatic carbocycles. The van der Waals surface area contributed by atoms with Gasteiger partial charge in [0.15, 0.2) is 11.4 Å². The molecule has 0 spiro atoms. The molecule has 7 aliphatic rings. The van der Waals surface area contributed by atoms with Gasteiger partial charge < -0.3 is 73.7 Å². The van der Waals surface area contributed by atoms with Gasteiger partial charge in [-0.15, -0.1) is 0 Å². The number of aryl methyl sites for hydroxylation is 1. The number of Topliss-reactive ketones (excluding diaryl/α,β-unsaturated/α-hetero) is 3. The van der Waals surface area contributed by atoms with Crippen molar-refractivity contribution < 1.29 is 76.9 Å². The van der Waals surface area contributed by atoms with E-state index in [9.17, 15) is 43.8 Å². The number of H-pyrrole nitrogens is 1. The van der Waals surface area contributed by atoms with Crippen LogP contribution in [0.5, 0.6) is 0 Å².